The molecule has 1 saturated carbocycles. The molecule has 0 amide bonds. The molecular formula is C25H24F10OS. The van der Waals surface area contributed by atoms with Gasteiger partial charge >= 0.3 is 10.2 Å². The highest BCUT2D eigenvalue weighted by molar-refractivity contribution is 8.45. The first-order valence-corrected chi connectivity index (χ1v) is 13.2. The molecule has 0 bridgehead atoms. The van der Waals surface area contributed by atoms with Crippen LogP contribution in [0.15, 0.2) is 53.9 Å². The minimum Gasteiger partial charge on any atom is -0.495 e. The molecule has 12 heteroatoms. The Morgan fingerprint density at radius 3 is 2.00 bits per heavy atom. The summed E-state index contributed by atoms with van der Waals surface area (Å²) in [5.74, 6) is -8.07. The van der Waals surface area contributed by atoms with E-state index in [1.807, 2.05) is 0 Å². The van der Waals surface area contributed by atoms with Gasteiger partial charge in [-0.3, -0.25) is 0 Å². The van der Waals surface area contributed by atoms with Crippen molar-refractivity contribution < 1.29 is 46.1 Å². The largest absolute Gasteiger partial charge is 0.495 e. The van der Waals surface area contributed by atoms with Crippen LogP contribution in [0.4, 0.5) is 41.4 Å². The van der Waals surface area contributed by atoms with Gasteiger partial charge in [0.25, 0.3) is 0 Å². The Morgan fingerprint density at radius 2 is 1.49 bits per heavy atom. The predicted molar refractivity (Wildman–Crippen MR) is 122 cm³/mol. The third kappa shape index (κ3) is 7.24. The number of rotatable bonds is 9. The number of hydrogen-bond acceptors (Lipinski definition) is 1. The van der Waals surface area contributed by atoms with Gasteiger partial charge in [-0.2, -0.15) is 0 Å². The third-order valence-electron chi connectivity index (χ3n) is 6.39. The van der Waals surface area contributed by atoms with Crippen molar-refractivity contribution in [1.82, 2.24) is 0 Å². The Morgan fingerprint density at radius 1 is 0.892 bits per heavy atom. The summed E-state index contributed by atoms with van der Waals surface area (Å²) in [5, 5.41) is 0. The first-order valence-electron chi connectivity index (χ1n) is 11.3. The van der Waals surface area contributed by atoms with Crippen molar-refractivity contribution in [2.45, 2.75) is 49.3 Å². The molecule has 2 aromatic carbocycles. The van der Waals surface area contributed by atoms with E-state index in [1.165, 1.54) is 12.1 Å². The molecule has 0 radical (unpaired) electrons. The van der Waals surface area contributed by atoms with Gasteiger partial charge in [-0.1, -0.05) is 38.1 Å². The molecule has 0 N–H and O–H groups in total. The molecular weight excluding hydrogens is 538 g/mol. The summed E-state index contributed by atoms with van der Waals surface area (Å²) in [4.78, 5) is -3.14. The number of ether oxygens (including phenoxy) is 1. The van der Waals surface area contributed by atoms with Gasteiger partial charge in [0.05, 0.1) is 6.26 Å². The molecule has 0 saturated heterocycles. The topological polar surface area (TPSA) is 9.23 Å². The lowest BCUT2D eigenvalue weighted by molar-refractivity contribution is 0.255. The van der Waals surface area contributed by atoms with Crippen LogP contribution in [-0.4, -0.2) is 6.61 Å². The highest BCUT2D eigenvalue weighted by Crippen LogP contribution is 3.02. The maximum absolute atomic E-state index is 14.7. The second-order valence-corrected chi connectivity index (χ2v) is 11.4. The molecule has 3 rings (SSSR count). The monoisotopic (exact) mass is 562 g/mol. The first-order chi connectivity index (χ1) is 17.0. The average molecular weight is 563 g/mol. The van der Waals surface area contributed by atoms with Gasteiger partial charge in [0.2, 0.25) is 0 Å². The Bertz CT molecular complexity index is 1180. The minimum atomic E-state index is -10.5. The van der Waals surface area contributed by atoms with Crippen molar-refractivity contribution in [2.75, 3.05) is 6.61 Å². The Kier molecular flexibility index (Phi) is 7.76. The summed E-state index contributed by atoms with van der Waals surface area (Å²) in [5.41, 5.74) is -0.130. The lowest BCUT2D eigenvalue weighted by Gasteiger charge is -2.40. The van der Waals surface area contributed by atoms with E-state index in [0.717, 1.165) is 12.3 Å². The summed E-state index contributed by atoms with van der Waals surface area (Å²) in [7, 11) is -10.5. The van der Waals surface area contributed by atoms with Crippen molar-refractivity contribution in [3.63, 3.8) is 0 Å². The molecule has 2 aromatic rings. The number of aryl methyl sites for hydroxylation is 1. The molecule has 1 aliphatic carbocycles. The van der Waals surface area contributed by atoms with Crippen molar-refractivity contribution in [1.29, 1.82) is 0 Å². The molecule has 206 valence electrons. The smallest absolute Gasteiger partial charge is 0.315 e. The number of hydrogen-bond donors (Lipinski definition) is 0. The maximum atomic E-state index is 14.7. The maximum Gasteiger partial charge on any atom is 0.315 e. The van der Waals surface area contributed by atoms with Crippen LogP contribution in [0.5, 0.6) is 0 Å². The van der Waals surface area contributed by atoms with Crippen LogP contribution < -0.4 is 0 Å². The molecule has 1 aliphatic rings. The lowest BCUT2D eigenvalue weighted by Crippen LogP contribution is -2.15. The zero-order valence-corrected chi connectivity index (χ0v) is 20.2. The van der Waals surface area contributed by atoms with Crippen LogP contribution in [0, 0.1) is 23.4 Å². The molecule has 0 unspecified atom stereocenters. The molecule has 0 aromatic heterocycles. The molecule has 0 heterocycles. The average Bonchev–Trinajstić information content (AvgIpc) is 2.78. The Balaban J connectivity index is 1.61. The van der Waals surface area contributed by atoms with Crippen LogP contribution in [0.25, 0.3) is 5.83 Å². The fourth-order valence-corrected chi connectivity index (χ4v) is 5.46. The predicted octanol–water partition coefficient (Wildman–Crippen LogP) is 10.4. The molecule has 37 heavy (non-hydrogen) atoms. The molecule has 1 nitrogen and oxygen atoms in total. The van der Waals surface area contributed by atoms with Gasteiger partial charge in [-0.05, 0) is 79.7 Å². The normalized spacial score (nSPS) is 21.0. The van der Waals surface area contributed by atoms with Crippen LogP contribution >= 0.6 is 10.2 Å². The van der Waals surface area contributed by atoms with Crippen LogP contribution in [-0.2, 0) is 11.2 Å². The fourth-order valence-electron chi connectivity index (χ4n) is 4.60. The Hall–Kier alpha value is -2.63. The molecule has 1 fully saturated rings. The van der Waals surface area contributed by atoms with E-state index in [4.69, 9.17) is 0 Å². The third-order valence-corrected chi connectivity index (χ3v) is 7.55. The summed E-state index contributed by atoms with van der Waals surface area (Å²) in [6.07, 6.45) is 3.43. The first kappa shape index (κ1) is 28.9. The van der Waals surface area contributed by atoms with Gasteiger partial charge in [-0.25, -0.2) is 22.0 Å². The molecule has 0 spiro atoms. The van der Waals surface area contributed by atoms with E-state index in [1.54, 1.807) is 0 Å². The SMILES string of the molecule is C=COC/C(F)=C(\F)c1ccc(C2CCC(CCc3cc(F)c(S(F)(F)(F)(F)F)c(F)c3)CC2)c(F)c1. The minimum absolute atomic E-state index is 0.0133. The van der Waals surface area contributed by atoms with Crippen molar-refractivity contribution in [3.8, 4) is 0 Å². The highest BCUT2D eigenvalue weighted by Gasteiger charge is 2.68. The van der Waals surface area contributed by atoms with Crippen molar-refractivity contribution >= 4 is 16.1 Å². The van der Waals surface area contributed by atoms with E-state index >= 15 is 0 Å². The molecule has 0 atom stereocenters. The quantitative estimate of drug-likeness (QED) is 0.218. The lowest BCUT2D eigenvalue weighted by atomic mass is 9.76. The number of benzene rings is 2. The van der Waals surface area contributed by atoms with Gasteiger partial charge < -0.3 is 4.74 Å². The van der Waals surface area contributed by atoms with Crippen molar-refractivity contribution in [3.05, 3.63) is 83.1 Å². The van der Waals surface area contributed by atoms with Crippen molar-refractivity contribution in [2.24, 2.45) is 5.92 Å². The van der Waals surface area contributed by atoms with E-state index < -0.39 is 50.8 Å². The summed E-state index contributed by atoms with van der Waals surface area (Å²) in [6, 6.07) is 4.08. The summed E-state index contributed by atoms with van der Waals surface area (Å²) in [6.45, 7) is 2.53. The van der Waals surface area contributed by atoms with Crippen LogP contribution in [0.3, 0.4) is 0 Å². The van der Waals surface area contributed by atoms with E-state index in [2.05, 4.69) is 11.3 Å². The second-order valence-electron chi connectivity index (χ2n) is 9.05. The fraction of sp³-hybridized carbons (Fsp3) is 0.360. The zero-order chi connectivity index (χ0) is 27.7. The number of halogens is 10. The second kappa shape index (κ2) is 9.92. The van der Waals surface area contributed by atoms with Gasteiger partial charge in [0, 0.05) is 5.56 Å². The Labute approximate surface area is 207 Å². The van der Waals surface area contributed by atoms with Gasteiger partial charge in [0.15, 0.2) is 16.5 Å². The highest BCUT2D eigenvalue weighted by atomic mass is 32.5. The van der Waals surface area contributed by atoms with E-state index in [-0.39, 0.29) is 41.5 Å². The van der Waals surface area contributed by atoms with E-state index in [9.17, 15) is 41.4 Å². The standard InChI is InChI=1S/C25H24F10OS/c1-2-36-14-23(29)24(30)18-9-10-19(20(26)13-18)17-7-5-15(6-8-17)3-4-16-11-21(27)25(22(28)12-16)37(31,32,33,34)35/h2,9-13,15,17H,1,3-8,14H2/b24-23+. The molecule has 0 aliphatic heterocycles. The van der Waals surface area contributed by atoms with Gasteiger partial charge in [0.1, 0.15) is 24.1 Å². The van der Waals surface area contributed by atoms with Crippen LogP contribution in [0.1, 0.15) is 54.7 Å². The summed E-state index contributed by atoms with van der Waals surface area (Å²) < 4.78 is 139. The summed E-state index contributed by atoms with van der Waals surface area (Å²) >= 11 is 0. The van der Waals surface area contributed by atoms with Crippen LogP contribution in [0.2, 0.25) is 0 Å². The van der Waals surface area contributed by atoms with E-state index in [0.29, 0.717) is 37.7 Å². The van der Waals surface area contributed by atoms with Gasteiger partial charge in [-0.15, -0.1) is 0 Å². The zero-order valence-electron chi connectivity index (χ0n) is 19.4.